The lowest BCUT2D eigenvalue weighted by Gasteiger charge is -2.38. The van der Waals surface area contributed by atoms with Crippen LogP contribution in [0.3, 0.4) is 0 Å². The smallest absolute Gasteiger partial charge is 0.338 e. The Morgan fingerprint density at radius 2 is 1.93 bits per heavy atom. The van der Waals surface area contributed by atoms with Crippen molar-refractivity contribution < 1.29 is 9.53 Å². The average molecular weight is 383 g/mol. The molecule has 0 bridgehead atoms. The highest BCUT2D eigenvalue weighted by Gasteiger charge is 2.38. The topological polar surface area (TPSA) is 38.3 Å². The summed E-state index contributed by atoms with van der Waals surface area (Å²) in [5, 5.41) is 6.37. The quantitative estimate of drug-likeness (QED) is 0.428. The molecule has 0 aromatic heterocycles. The van der Waals surface area contributed by atoms with Crippen molar-refractivity contribution in [1.82, 2.24) is 0 Å². The fourth-order valence-corrected chi connectivity index (χ4v) is 4.83. The zero-order valence-corrected chi connectivity index (χ0v) is 16.6. The monoisotopic (exact) mass is 383 g/mol. The Balaban J connectivity index is 1.54. The predicted octanol–water partition coefficient (Wildman–Crippen LogP) is 6.23. The maximum atomic E-state index is 12.4. The van der Waals surface area contributed by atoms with Crippen molar-refractivity contribution in [3.05, 3.63) is 89.5 Å². The summed E-state index contributed by atoms with van der Waals surface area (Å²) in [5.41, 5.74) is 4.30. The van der Waals surface area contributed by atoms with Crippen molar-refractivity contribution in [3.8, 4) is 0 Å². The van der Waals surface area contributed by atoms with Crippen LogP contribution in [0.4, 0.5) is 5.69 Å². The molecule has 1 N–H and O–H groups in total. The lowest BCUT2D eigenvalue weighted by molar-refractivity contribution is 0.0505. The Labute approximate surface area is 171 Å². The van der Waals surface area contributed by atoms with Crippen LogP contribution in [0.25, 0.3) is 10.8 Å². The zero-order chi connectivity index (χ0) is 19.8. The van der Waals surface area contributed by atoms with Crippen LogP contribution in [0.15, 0.2) is 72.8 Å². The van der Waals surface area contributed by atoms with Gasteiger partial charge in [0.2, 0.25) is 0 Å². The second-order valence-electron chi connectivity index (χ2n) is 7.98. The molecule has 0 saturated carbocycles. The summed E-state index contributed by atoms with van der Waals surface area (Å²) < 4.78 is 5.34. The first-order valence-corrected chi connectivity index (χ1v) is 10.5. The van der Waals surface area contributed by atoms with Gasteiger partial charge in [-0.25, -0.2) is 4.79 Å². The number of nitrogens with one attached hydrogen (secondary N) is 1. The van der Waals surface area contributed by atoms with Crippen LogP contribution in [-0.4, -0.2) is 12.6 Å². The van der Waals surface area contributed by atoms with Crippen molar-refractivity contribution >= 4 is 22.4 Å². The Morgan fingerprint density at radius 3 is 2.83 bits per heavy atom. The number of allylic oxidation sites excluding steroid dienone is 2. The first-order valence-electron chi connectivity index (χ1n) is 10.5. The molecule has 0 saturated heterocycles. The molecule has 2 aliphatic rings. The van der Waals surface area contributed by atoms with Gasteiger partial charge in [0.15, 0.2) is 0 Å². The average Bonchev–Trinajstić information content (AvgIpc) is 3.26. The molecule has 3 nitrogen and oxygen atoms in total. The third-order valence-electron chi connectivity index (χ3n) is 6.19. The van der Waals surface area contributed by atoms with E-state index in [1.54, 1.807) is 0 Å². The van der Waals surface area contributed by atoms with Gasteiger partial charge in [0.25, 0.3) is 0 Å². The van der Waals surface area contributed by atoms with Crippen molar-refractivity contribution in [2.75, 3.05) is 11.9 Å². The second-order valence-corrected chi connectivity index (χ2v) is 7.98. The largest absolute Gasteiger partial charge is 0.462 e. The molecule has 0 radical (unpaired) electrons. The molecule has 1 aliphatic carbocycles. The van der Waals surface area contributed by atoms with Crippen molar-refractivity contribution in [1.29, 1.82) is 0 Å². The molecular weight excluding hydrogens is 358 g/mol. The third-order valence-corrected chi connectivity index (χ3v) is 6.19. The first-order chi connectivity index (χ1) is 14.3. The Bertz CT molecular complexity index is 1100. The van der Waals surface area contributed by atoms with Gasteiger partial charge in [-0.3, -0.25) is 0 Å². The van der Waals surface area contributed by atoms with E-state index in [4.69, 9.17) is 4.74 Å². The minimum absolute atomic E-state index is 0.232. The minimum atomic E-state index is -0.232. The van der Waals surface area contributed by atoms with E-state index in [9.17, 15) is 4.79 Å². The van der Waals surface area contributed by atoms with Crippen LogP contribution in [0, 0.1) is 5.92 Å². The van der Waals surface area contributed by atoms with E-state index in [-0.39, 0.29) is 12.0 Å². The molecule has 0 spiro atoms. The van der Waals surface area contributed by atoms with E-state index >= 15 is 0 Å². The highest BCUT2D eigenvalue weighted by atomic mass is 16.5. The van der Waals surface area contributed by atoms with Gasteiger partial charge >= 0.3 is 5.97 Å². The lowest BCUT2D eigenvalue weighted by atomic mass is 9.76. The number of esters is 1. The highest BCUT2D eigenvalue weighted by molar-refractivity contribution is 5.91. The summed E-state index contributed by atoms with van der Waals surface area (Å²) in [6, 6.07) is 21.3. The lowest BCUT2D eigenvalue weighted by Crippen LogP contribution is -2.29. The van der Waals surface area contributed by atoms with Crippen molar-refractivity contribution in [2.24, 2.45) is 5.92 Å². The highest BCUT2D eigenvalue weighted by Crippen LogP contribution is 2.50. The molecule has 0 fully saturated rings. The number of rotatable bonds is 4. The molecule has 3 heteroatoms. The van der Waals surface area contributed by atoms with Crippen LogP contribution in [-0.2, 0) is 4.74 Å². The molecule has 5 rings (SSSR count). The van der Waals surface area contributed by atoms with E-state index in [1.165, 1.54) is 21.9 Å². The van der Waals surface area contributed by atoms with E-state index in [0.29, 0.717) is 24.0 Å². The fraction of sp³-hybridized carbons (Fsp3) is 0.269. The third kappa shape index (κ3) is 3.11. The minimum Gasteiger partial charge on any atom is -0.462 e. The number of carbonyl (C=O) groups excluding carboxylic acids is 1. The van der Waals surface area contributed by atoms with Gasteiger partial charge < -0.3 is 10.1 Å². The summed E-state index contributed by atoms with van der Waals surface area (Å²) in [5.74, 6) is 0.522. The molecule has 3 atom stereocenters. The van der Waals surface area contributed by atoms with Gasteiger partial charge in [-0.2, -0.15) is 0 Å². The van der Waals surface area contributed by atoms with Crippen LogP contribution in [0.2, 0.25) is 0 Å². The molecule has 3 unspecified atom stereocenters. The normalized spacial score (nSPS) is 22.0. The molecule has 146 valence electrons. The number of anilines is 1. The van der Waals surface area contributed by atoms with Crippen LogP contribution >= 0.6 is 0 Å². The van der Waals surface area contributed by atoms with Gasteiger partial charge in [-0.1, -0.05) is 61.5 Å². The van der Waals surface area contributed by atoms with Gasteiger partial charge in [0.05, 0.1) is 18.2 Å². The van der Waals surface area contributed by atoms with E-state index in [1.807, 2.05) is 25.1 Å². The number of hydrogen-bond donors (Lipinski definition) is 1. The summed E-state index contributed by atoms with van der Waals surface area (Å²) in [6.07, 6.45) is 6.46. The summed E-state index contributed by atoms with van der Waals surface area (Å²) >= 11 is 0. The molecule has 1 aliphatic heterocycles. The fourth-order valence-electron chi connectivity index (χ4n) is 4.83. The SMILES string of the molecule is CCCOC(=O)c1ccc2c(c1)C1C=CCC1C(c1cccc3ccccc13)N2. The molecule has 29 heavy (non-hydrogen) atoms. The van der Waals surface area contributed by atoms with Crippen LogP contribution in [0.1, 0.15) is 53.2 Å². The van der Waals surface area contributed by atoms with Crippen LogP contribution < -0.4 is 5.32 Å². The molecule has 1 heterocycles. The Hall–Kier alpha value is -3.07. The number of benzene rings is 3. The molecule has 3 aromatic carbocycles. The molecular formula is C26H25NO2. The van der Waals surface area contributed by atoms with E-state index < -0.39 is 0 Å². The standard InChI is InChI=1S/C26H25NO2/c1-2-15-29-26(28)18-13-14-24-23(16-18)20-10-6-12-22(20)25(27-24)21-11-5-8-17-7-3-4-9-19(17)21/h3-11,13-14,16,20,22,25,27H,2,12,15H2,1H3. The predicted molar refractivity (Wildman–Crippen MR) is 117 cm³/mol. The number of fused-ring (bicyclic) bond motifs is 4. The molecule has 3 aromatic rings. The van der Waals surface area contributed by atoms with Gasteiger partial charge in [-0.05, 0) is 58.9 Å². The summed E-state index contributed by atoms with van der Waals surface area (Å²) in [7, 11) is 0. The number of hydrogen-bond acceptors (Lipinski definition) is 3. The summed E-state index contributed by atoms with van der Waals surface area (Å²) in [6.45, 7) is 2.47. The van der Waals surface area contributed by atoms with Gasteiger partial charge in [-0.15, -0.1) is 0 Å². The van der Waals surface area contributed by atoms with Crippen molar-refractivity contribution in [3.63, 3.8) is 0 Å². The van der Waals surface area contributed by atoms with Gasteiger partial charge in [0.1, 0.15) is 0 Å². The van der Waals surface area contributed by atoms with Crippen LogP contribution in [0.5, 0.6) is 0 Å². The maximum Gasteiger partial charge on any atom is 0.338 e. The molecule has 0 amide bonds. The summed E-state index contributed by atoms with van der Waals surface area (Å²) in [4.78, 5) is 12.4. The number of ether oxygens (including phenoxy) is 1. The second kappa shape index (κ2) is 7.40. The Morgan fingerprint density at radius 1 is 1.07 bits per heavy atom. The van der Waals surface area contributed by atoms with Crippen molar-refractivity contribution in [2.45, 2.75) is 31.7 Å². The zero-order valence-electron chi connectivity index (χ0n) is 16.6. The van der Waals surface area contributed by atoms with Gasteiger partial charge in [0, 0.05) is 11.6 Å². The number of carbonyl (C=O) groups is 1. The maximum absolute atomic E-state index is 12.4. The van der Waals surface area contributed by atoms with E-state index in [0.717, 1.165) is 18.5 Å². The Kier molecular flexibility index (Phi) is 4.59. The first kappa shape index (κ1) is 18.0. The van der Waals surface area contributed by atoms with E-state index in [2.05, 4.69) is 59.9 Å².